The third kappa shape index (κ3) is 3.74. The van der Waals surface area contributed by atoms with Gasteiger partial charge in [0.25, 0.3) is 5.91 Å². The van der Waals surface area contributed by atoms with E-state index < -0.39 is 0 Å². The van der Waals surface area contributed by atoms with Gasteiger partial charge in [-0.15, -0.1) is 0 Å². The number of aliphatic hydroxyl groups excluding tert-OH is 1. The molecule has 1 amide bonds. The van der Waals surface area contributed by atoms with Gasteiger partial charge in [-0.05, 0) is 37.1 Å². The third-order valence-electron chi connectivity index (χ3n) is 2.88. The molecule has 0 aromatic heterocycles. The number of phenolic OH excluding ortho intramolecular Hbond substituents is 1. The molecular weight excluding hydrogens is 230 g/mol. The lowest BCUT2D eigenvalue weighted by Crippen LogP contribution is -2.34. The monoisotopic (exact) mass is 251 g/mol. The minimum atomic E-state index is -0.0967. The first-order valence-corrected chi connectivity index (χ1v) is 6.30. The van der Waals surface area contributed by atoms with Gasteiger partial charge in [-0.1, -0.05) is 13.3 Å². The Bertz CT molecular complexity index is 404. The Hall–Kier alpha value is -1.55. The van der Waals surface area contributed by atoms with Crippen molar-refractivity contribution in [3.05, 3.63) is 29.3 Å². The van der Waals surface area contributed by atoms with Crippen molar-refractivity contribution in [1.29, 1.82) is 0 Å². The molecule has 18 heavy (non-hydrogen) atoms. The average molecular weight is 251 g/mol. The molecule has 1 aromatic carbocycles. The van der Waals surface area contributed by atoms with Gasteiger partial charge in [0.2, 0.25) is 0 Å². The van der Waals surface area contributed by atoms with Crippen LogP contribution in [0, 0.1) is 6.92 Å². The van der Waals surface area contributed by atoms with Gasteiger partial charge < -0.3 is 15.1 Å². The molecule has 4 nitrogen and oxygen atoms in total. The predicted octanol–water partition coefficient (Wildman–Crippen LogP) is 1.94. The van der Waals surface area contributed by atoms with Crippen LogP contribution in [0.3, 0.4) is 0 Å². The van der Waals surface area contributed by atoms with E-state index >= 15 is 0 Å². The Morgan fingerprint density at radius 3 is 2.61 bits per heavy atom. The lowest BCUT2D eigenvalue weighted by atomic mass is 10.1. The molecular formula is C14H21NO3. The van der Waals surface area contributed by atoms with Crippen molar-refractivity contribution in [2.45, 2.75) is 26.7 Å². The van der Waals surface area contributed by atoms with E-state index in [1.54, 1.807) is 24.0 Å². The molecule has 0 unspecified atom stereocenters. The number of hydrogen-bond acceptors (Lipinski definition) is 3. The van der Waals surface area contributed by atoms with Crippen molar-refractivity contribution in [2.24, 2.45) is 0 Å². The number of hydrogen-bond donors (Lipinski definition) is 2. The summed E-state index contributed by atoms with van der Waals surface area (Å²) in [5.74, 6) is 0.0921. The van der Waals surface area contributed by atoms with E-state index in [9.17, 15) is 9.90 Å². The molecule has 0 fully saturated rings. The van der Waals surface area contributed by atoms with Crippen molar-refractivity contribution < 1.29 is 15.0 Å². The van der Waals surface area contributed by atoms with Gasteiger partial charge in [0.05, 0.1) is 6.61 Å². The van der Waals surface area contributed by atoms with Gasteiger partial charge in [0.15, 0.2) is 0 Å². The van der Waals surface area contributed by atoms with Crippen LogP contribution in [-0.4, -0.2) is 40.7 Å². The topological polar surface area (TPSA) is 60.8 Å². The van der Waals surface area contributed by atoms with Crippen molar-refractivity contribution in [2.75, 3.05) is 19.7 Å². The molecule has 0 aliphatic carbocycles. The molecule has 100 valence electrons. The van der Waals surface area contributed by atoms with Crippen LogP contribution in [0.5, 0.6) is 5.75 Å². The van der Waals surface area contributed by atoms with E-state index in [0.717, 1.165) is 12.8 Å². The fourth-order valence-electron chi connectivity index (χ4n) is 1.76. The summed E-state index contributed by atoms with van der Waals surface area (Å²) in [5, 5.41) is 18.4. The Morgan fingerprint density at radius 2 is 2.06 bits per heavy atom. The molecule has 0 atom stereocenters. The van der Waals surface area contributed by atoms with E-state index in [0.29, 0.717) is 24.2 Å². The molecule has 4 heteroatoms. The van der Waals surface area contributed by atoms with Gasteiger partial charge in [0.1, 0.15) is 5.75 Å². The maximum Gasteiger partial charge on any atom is 0.253 e. The second-order valence-corrected chi connectivity index (χ2v) is 4.37. The number of aliphatic hydroxyl groups is 1. The maximum absolute atomic E-state index is 12.2. The summed E-state index contributed by atoms with van der Waals surface area (Å²) >= 11 is 0. The van der Waals surface area contributed by atoms with Crippen LogP contribution in [0.1, 0.15) is 35.7 Å². The number of unbranched alkanes of at least 4 members (excludes halogenated alkanes) is 1. The Balaban J connectivity index is 2.83. The van der Waals surface area contributed by atoms with E-state index in [1.165, 1.54) is 6.07 Å². The molecule has 0 heterocycles. The fraction of sp³-hybridized carbons (Fsp3) is 0.500. The molecule has 0 radical (unpaired) electrons. The van der Waals surface area contributed by atoms with E-state index in [4.69, 9.17) is 5.11 Å². The summed E-state index contributed by atoms with van der Waals surface area (Å²) in [6.07, 6.45) is 1.92. The summed E-state index contributed by atoms with van der Waals surface area (Å²) in [6.45, 7) is 4.78. The summed E-state index contributed by atoms with van der Waals surface area (Å²) in [4.78, 5) is 13.9. The lowest BCUT2D eigenvalue weighted by molar-refractivity contribution is 0.0719. The molecule has 0 saturated heterocycles. The van der Waals surface area contributed by atoms with Gasteiger partial charge in [-0.2, -0.15) is 0 Å². The van der Waals surface area contributed by atoms with Crippen LogP contribution in [-0.2, 0) is 0 Å². The van der Waals surface area contributed by atoms with Gasteiger partial charge >= 0.3 is 0 Å². The number of nitrogens with zero attached hydrogens (tertiary/aromatic N) is 1. The first-order chi connectivity index (χ1) is 8.60. The molecule has 0 aliphatic rings. The SMILES string of the molecule is CCCCN(CCO)C(=O)c1ccc(O)c(C)c1. The van der Waals surface area contributed by atoms with Crippen LogP contribution in [0.2, 0.25) is 0 Å². The van der Waals surface area contributed by atoms with E-state index in [-0.39, 0.29) is 18.3 Å². The predicted molar refractivity (Wildman–Crippen MR) is 70.7 cm³/mol. The van der Waals surface area contributed by atoms with Crippen LogP contribution in [0.4, 0.5) is 0 Å². The average Bonchev–Trinajstić information content (AvgIpc) is 2.37. The minimum absolute atomic E-state index is 0.0352. The first kappa shape index (κ1) is 14.5. The van der Waals surface area contributed by atoms with E-state index in [1.807, 2.05) is 0 Å². The minimum Gasteiger partial charge on any atom is -0.508 e. The highest BCUT2D eigenvalue weighted by molar-refractivity contribution is 5.94. The quantitative estimate of drug-likeness (QED) is 0.812. The number of aromatic hydroxyl groups is 1. The van der Waals surface area contributed by atoms with Crippen molar-refractivity contribution in [3.8, 4) is 5.75 Å². The molecule has 0 aliphatic heterocycles. The summed E-state index contributed by atoms with van der Waals surface area (Å²) < 4.78 is 0. The summed E-state index contributed by atoms with van der Waals surface area (Å²) in [7, 11) is 0. The summed E-state index contributed by atoms with van der Waals surface area (Å²) in [6, 6.07) is 4.81. The van der Waals surface area contributed by atoms with Crippen molar-refractivity contribution >= 4 is 5.91 Å². The molecule has 2 N–H and O–H groups in total. The highest BCUT2D eigenvalue weighted by Crippen LogP contribution is 2.18. The summed E-state index contributed by atoms with van der Waals surface area (Å²) in [5.41, 5.74) is 1.23. The number of benzene rings is 1. The standard InChI is InChI=1S/C14H21NO3/c1-3-4-7-15(8-9-16)14(18)12-5-6-13(17)11(2)10-12/h5-6,10,16-17H,3-4,7-9H2,1-2H3. The van der Waals surface area contributed by atoms with Gasteiger partial charge in [-0.3, -0.25) is 4.79 Å². The zero-order valence-electron chi connectivity index (χ0n) is 11.0. The molecule has 0 saturated carbocycles. The van der Waals surface area contributed by atoms with E-state index in [2.05, 4.69) is 6.92 Å². The highest BCUT2D eigenvalue weighted by Gasteiger charge is 2.15. The Morgan fingerprint density at radius 1 is 1.33 bits per heavy atom. The highest BCUT2D eigenvalue weighted by atomic mass is 16.3. The third-order valence-corrected chi connectivity index (χ3v) is 2.88. The van der Waals surface area contributed by atoms with Crippen molar-refractivity contribution in [1.82, 2.24) is 4.90 Å². The molecule has 0 spiro atoms. The van der Waals surface area contributed by atoms with Gasteiger partial charge in [0, 0.05) is 18.7 Å². The maximum atomic E-state index is 12.2. The van der Waals surface area contributed by atoms with Crippen LogP contribution in [0.15, 0.2) is 18.2 Å². The van der Waals surface area contributed by atoms with Crippen LogP contribution >= 0.6 is 0 Å². The second kappa shape index (κ2) is 7.01. The molecule has 0 bridgehead atoms. The normalized spacial score (nSPS) is 10.4. The van der Waals surface area contributed by atoms with Gasteiger partial charge in [-0.25, -0.2) is 0 Å². The Labute approximate surface area is 108 Å². The number of amides is 1. The number of carbonyl (C=O) groups excluding carboxylic acids is 1. The molecule has 1 rings (SSSR count). The number of phenols is 1. The number of rotatable bonds is 6. The first-order valence-electron chi connectivity index (χ1n) is 6.30. The Kier molecular flexibility index (Phi) is 5.65. The zero-order chi connectivity index (χ0) is 13.5. The number of carbonyl (C=O) groups is 1. The largest absolute Gasteiger partial charge is 0.508 e. The lowest BCUT2D eigenvalue weighted by Gasteiger charge is -2.21. The van der Waals surface area contributed by atoms with Crippen LogP contribution in [0.25, 0.3) is 0 Å². The second-order valence-electron chi connectivity index (χ2n) is 4.37. The zero-order valence-corrected chi connectivity index (χ0v) is 11.0. The van der Waals surface area contributed by atoms with Crippen LogP contribution < -0.4 is 0 Å². The smallest absolute Gasteiger partial charge is 0.253 e. The van der Waals surface area contributed by atoms with Crippen molar-refractivity contribution in [3.63, 3.8) is 0 Å². The molecule has 1 aromatic rings. The number of aryl methyl sites for hydroxylation is 1. The fourth-order valence-corrected chi connectivity index (χ4v) is 1.76.